The molecule has 0 aliphatic carbocycles. The molecule has 0 unspecified atom stereocenters. The third-order valence-corrected chi connectivity index (χ3v) is 3.89. The van der Waals surface area contributed by atoms with Gasteiger partial charge in [0.25, 0.3) is 5.91 Å². The van der Waals surface area contributed by atoms with E-state index in [2.05, 4.69) is 4.98 Å². The number of alkyl halides is 3. The summed E-state index contributed by atoms with van der Waals surface area (Å²) >= 11 is 0. The lowest BCUT2D eigenvalue weighted by Crippen LogP contribution is -2.29. The summed E-state index contributed by atoms with van der Waals surface area (Å²) < 4.78 is 39.4. The van der Waals surface area contributed by atoms with Gasteiger partial charge < -0.3 is 4.90 Å². The molecule has 2 aromatic rings. The number of halogens is 3. The third-order valence-electron chi connectivity index (χ3n) is 3.89. The van der Waals surface area contributed by atoms with Crippen LogP contribution in [-0.2, 0) is 12.7 Å². The summed E-state index contributed by atoms with van der Waals surface area (Å²) in [5.74, 6) is -0.285. The van der Waals surface area contributed by atoms with Gasteiger partial charge in [-0.25, -0.2) is 0 Å². The van der Waals surface area contributed by atoms with Crippen LogP contribution >= 0.6 is 0 Å². The van der Waals surface area contributed by atoms with Crippen molar-refractivity contribution in [3.63, 3.8) is 0 Å². The van der Waals surface area contributed by atoms with Crippen molar-refractivity contribution in [2.75, 3.05) is 0 Å². The summed E-state index contributed by atoms with van der Waals surface area (Å²) in [6, 6.07) is 7.96. The zero-order valence-corrected chi connectivity index (χ0v) is 11.8. The molecule has 0 bridgehead atoms. The molecule has 1 atom stereocenters. The average Bonchev–Trinajstić information content (AvgIpc) is 2.83. The first-order chi connectivity index (χ1) is 10.4. The van der Waals surface area contributed by atoms with Crippen LogP contribution in [0.4, 0.5) is 13.2 Å². The molecule has 1 aromatic carbocycles. The highest BCUT2D eigenvalue weighted by atomic mass is 19.4. The molecule has 0 saturated heterocycles. The molecule has 0 radical (unpaired) electrons. The summed E-state index contributed by atoms with van der Waals surface area (Å²) in [6.45, 7) is 1.83. The van der Waals surface area contributed by atoms with E-state index < -0.39 is 17.8 Å². The van der Waals surface area contributed by atoms with Crippen LogP contribution in [0.3, 0.4) is 0 Å². The van der Waals surface area contributed by atoms with Crippen LogP contribution in [0, 0.1) is 0 Å². The predicted molar refractivity (Wildman–Crippen MR) is 74.0 cm³/mol. The number of benzene rings is 1. The van der Waals surface area contributed by atoms with Crippen molar-refractivity contribution in [3.8, 4) is 0 Å². The number of aromatic nitrogens is 1. The van der Waals surface area contributed by atoms with Crippen LogP contribution in [0.1, 0.15) is 40.1 Å². The SMILES string of the molecule is C[C@H](c1ccccc1C(F)(F)F)N1Cc2ncccc2C1=O. The summed E-state index contributed by atoms with van der Waals surface area (Å²) in [7, 11) is 0. The second-order valence-corrected chi connectivity index (χ2v) is 5.19. The molecule has 1 aliphatic rings. The number of fused-ring (bicyclic) bond motifs is 1. The smallest absolute Gasteiger partial charge is 0.326 e. The molecule has 0 saturated carbocycles. The Bertz CT molecular complexity index is 727. The minimum Gasteiger partial charge on any atom is -0.326 e. The first-order valence-corrected chi connectivity index (χ1v) is 6.80. The Morgan fingerprint density at radius 1 is 1.18 bits per heavy atom. The van der Waals surface area contributed by atoms with Crippen molar-refractivity contribution in [2.24, 2.45) is 0 Å². The molecular weight excluding hydrogens is 293 g/mol. The van der Waals surface area contributed by atoms with Gasteiger partial charge in [-0.1, -0.05) is 18.2 Å². The molecule has 3 rings (SSSR count). The standard InChI is InChI=1S/C16H13F3N2O/c1-10(11-5-2-3-7-13(11)16(17,18)19)21-9-14-12(15(21)22)6-4-8-20-14/h2-8,10H,9H2,1H3/t10-/m1/s1. The number of carbonyl (C=O) groups is 1. The van der Waals surface area contributed by atoms with E-state index in [0.717, 1.165) is 6.07 Å². The van der Waals surface area contributed by atoms with Gasteiger partial charge in [0.1, 0.15) is 0 Å². The molecule has 1 amide bonds. The van der Waals surface area contributed by atoms with Gasteiger partial charge in [-0.3, -0.25) is 9.78 Å². The summed E-state index contributed by atoms with van der Waals surface area (Å²) in [4.78, 5) is 17.9. The molecule has 1 aliphatic heterocycles. The van der Waals surface area contributed by atoms with Crippen molar-refractivity contribution in [3.05, 3.63) is 65.0 Å². The van der Waals surface area contributed by atoms with Gasteiger partial charge in [-0.15, -0.1) is 0 Å². The highest BCUT2D eigenvalue weighted by molar-refractivity contribution is 5.98. The largest absolute Gasteiger partial charge is 0.416 e. The van der Waals surface area contributed by atoms with Crippen LogP contribution < -0.4 is 0 Å². The highest BCUT2D eigenvalue weighted by Gasteiger charge is 2.38. The maximum absolute atomic E-state index is 13.1. The molecular formula is C16H13F3N2O. The Balaban J connectivity index is 1.97. The number of hydrogen-bond acceptors (Lipinski definition) is 2. The van der Waals surface area contributed by atoms with E-state index in [0.29, 0.717) is 11.3 Å². The minimum absolute atomic E-state index is 0.0937. The second kappa shape index (κ2) is 5.12. The lowest BCUT2D eigenvalue weighted by molar-refractivity contribution is -0.138. The normalized spacial score (nSPS) is 15.8. The maximum Gasteiger partial charge on any atom is 0.416 e. The maximum atomic E-state index is 13.1. The quantitative estimate of drug-likeness (QED) is 0.845. The lowest BCUT2D eigenvalue weighted by Gasteiger charge is -2.27. The van der Waals surface area contributed by atoms with E-state index in [1.165, 1.54) is 17.0 Å². The molecule has 0 N–H and O–H groups in total. The number of pyridine rings is 1. The zero-order chi connectivity index (χ0) is 15.9. The fraction of sp³-hybridized carbons (Fsp3) is 0.250. The molecule has 114 valence electrons. The minimum atomic E-state index is -4.45. The monoisotopic (exact) mass is 306 g/mol. The fourth-order valence-corrected chi connectivity index (χ4v) is 2.75. The van der Waals surface area contributed by atoms with Crippen LogP contribution in [0.15, 0.2) is 42.6 Å². The lowest BCUT2D eigenvalue weighted by atomic mass is 10.00. The summed E-state index contributed by atoms with van der Waals surface area (Å²) in [6.07, 6.45) is -2.87. The Morgan fingerprint density at radius 3 is 2.59 bits per heavy atom. The fourth-order valence-electron chi connectivity index (χ4n) is 2.75. The molecule has 2 heterocycles. The summed E-state index contributed by atoms with van der Waals surface area (Å²) in [5, 5.41) is 0. The van der Waals surface area contributed by atoms with Gasteiger partial charge in [0, 0.05) is 6.20 Å². The molecule has 6 heteroatoms. The van der Waals surface area contributed by atoms with Crippen LogP contribution in [-0.4, -0.2) is 15.8 Å². The van der Waals surface area contributed by atoms with Crippen molar-refractivity contribution >= 4 is 5.91 Å². The number of rotatable bonds is 2. The van der Waals surface area contributed by atoms with Crippen molar-refractivity contribution in [1.29, 1.82) is 0 Å². The van der Waals surface area contributed by atoms with Crippen LogP contribution in [0.25, 0.3) is 0 Å². The Labute approximate surface area is 125 Å². The average molecular weight is 306 g/mol. The second-order valence-electron chi connectivity index (χ2n) is 5.19. The van der Waals surface area contributed by atoms with E-state index in [-0.39, 0.29) is 18.0 Å². The highest BCUT2D eigenvalue weighted by Crippen LogP contribution is 2.38. The van der Waals surface area contributed by atoms with Gasteiger partial charge in [-0.05, 0) is 30.7 Å². The van der Waals surface area contributed by atoms with Gasteiger partial charge in [-0.2, -0.15) is 13.2 Å². The van der Waals surface area contributed by atoms with Gasteiger partial charge in [0.2, 0.25) is 0 Å². The first-order valence-electron chi connectivity index (χ1n) is 6.80. The first kappa shape index (κ1) is 14.6. The van der Waals surface area contributed by atoms with Crippen molar-refractivity contribution in [1.82, 2.24) is 9.88 Å². The van der Waals surface area contributed by atoms with E-state index >= 15 is 0 Å². The summed E-state index contributed by atoms with van der Waals surface area (Å²) in [5.41, 5.74) is 0.443. The van der Waals surface area contributed by atoms with Gasteiger partial charge in [0.15, 0.2) is 0 Å². The van der Waals surface area contributed by atoms with Gasteiger partial charge in [0.05, 0.1) is 29.4 Å². The molecule has 1 aromatic heterocycles. The van der Waals surface area contributed by atoms with E-state index in [1.807, 2.05) is 0 Å². The molecule has 0 fully saturated rings. The Hall–Kier alpha value is -2.37. The zero-order valence-electron chi connectivity index (χ0n) is 11.8. The third kappa shape index (κ3) is 2.34. The Kier molecular flexibility index (Phi) is 3.39. The predicted octanol–water partition coefficient (Wildman–Crippen LogP) is 3.82. The topological polar surface area (TPSA) is 33.2 Å². The van der Waals surface area contributed by atoms with Gasteiger partial charge >= 0.3 is 6.18 Å². The van der Waals surface area contributed by atoms with Crippen molar-refractivity contribution in [2.45, 2.75) is 25.7 Å². The number of amides is 1. The van der Waals surface area contributed by atoms with E-state index in [4.69, 9.17) is 0 Å². The molecule has 3 nitrogen and oxygen atoms in total. The molecule has 0 spiro atoms. The Morgan fingerprint density at radius 2 is 1.91 bits per heavy atom. The van der Waals surface area contributed by atoms with Crippen molar-refractivity contribution < 1.29 is 18.0 Å². The van der Waals surface area contributed by atoms with E-state index in [1.54, 1.807) is 31.3 Å². The molecule has 22 heavy (non-hydrogen) atoms. The van der Waals surface area contributed by atoms with Crippen LogP contribution in [0.2, 0.25) is 0 Å². The number of nitrogens with zero attached hydrogens (tertiary/aromatic N) is 2. The van der Waals surface area contributed by atoms with Crippen LogP contribution in [0.5, 0.6) is 0 Å². The van der Waals surface area contributed by atoms with E-state index in [9.17, 15) is 18.0 Å². The number of hydrogen-bond donors (Lipinski definition) is 0. The number of carbonyl (C=O) groups excluding carboxylic acids is 1.